The lowest BCUT2D eigenvalue weighted by molar-refractivity contribution is -0.123. The van der Waals surface area contributed by atoms with Crippen molar-refractivity contribution in [3.8, 4) is 16.3 Å². The summed E-state index contributed by atoms with van der Waals surface area (Å²) in [5.41, 5.74) is 2.06. The molecule has 0 fully saturated rings. The molecule has 0 saturated carbocycles. The van der Waals surface area contributed by atoms with E-state index in [-0.39, 0.29) is 12.5 Å². The molecule has 0 aliphatic heterocycles. The first-order chi connectivity index (χ1) is 12.1. The molecule has 128 valence electrons. The van der Waals surface area contributed by atoms with Gasteiger partial charge in [-0.1, -0.05) is 47.5 Å². The van der Waals surface area contributed by atoms with Gasteiger partial charge in [-0.15, -0.1) is 11.3 Å². The van der Waals surface area contributed by atoms with Gasteiger partial charge in [-0.25, -0.2) is 4.98 Å². The number of carbonyl (C=O) groups is 1. The summed E-state index contributed by atoms with van der Waals surface area (Å²) in [6.45, 7) is 0.313. The first kappa shape index (κ1) is 17.7. The summed E-state index contributed by atoms with van der Waals surface area (Å²) < 4.78 is 5.40. The number of nitrogens with zero attached hydrogens (tertiary/aromatic N) is 1. The van der Waals surface area contributed by atoms with Crippen LogP contribution in [0.1, 0.15) is 5.56 Å². The van der Waals surface area contributed by atoms with Crippen molar-refractivity contribution in [2.24, 2.45) is 0 Å². The molecule has 0 saturated heterocycles. The number of nitrogens with one attached hydrogen (secondary N) is 1. The fourth-order valence-electron chi connectivity index (χ4n) is 2.12. The Morgan fingerprint density at radius 3 is 2.64 bits per heavy atom. The standard InChI is InChI=1S/C18H14Cl2N2O2S/c19-14-5-6-16(15(20)9-14)24-11-17(23)22-10-12-1-3-13(4-2-12)18-21-7-8-25-18/h1-9H,10-11H2,(H,22,23). The van der Waals surface area contributed by atoms with Crippen LogP contribution in [0.5, 0.6) is 5.75 Å². The van der Waals surface area contributed by atoms with E-state index in [1.54, 1.807) is 35.7 Å². The van der Waals surface area contributed by atoms with Gasteiger partial charge < -0.3 is 10.1 Å². The zero-order chi connectivity index (χ0) is 17.6. The van der Waals surface area contributed by atoms with Gasteiger partial charge in [0.05, 0.1) is 5.02 Å². The van der Waals surface area contributed by atoms with E-state index in [0.29, 0.717) is 22.3 Å². The van der Waals surface area contributed by atoms with E-state index in [1.165, 1.54) is 0 Å². The lowest BCUT2D eigenvalue weighted by atomic mass is 10.1. The number of benzene rings is 2. The van der Waals surface area contributed by atoms with E-state index in [9.17, 15) is 4.79 Å². The summed E-state index contributed by atoms with van der Waals surface area (Å²) in [6, 6.07) is 12.8. The van der Waals surface area contributed by atoms with Crippen LogP contribution in [0, 0.1) is 0 Å². The Bertz CT molecular complexity index is 852. The van der Waals surface area contributed by atoms with Crippen LogP contribution >= 0.6 is 34.5 Å². The number of aromatic nitrogens is 1. The number of thiazole rings is 1. The maximum atomic E-state index is 11.9. The third-order valence-corrected chi connectivity index (χ3v) is 4.73. The molecule has 1 aromatic heterocycles. The Morgan fingerprint density at radius 2 is 1.96 bits per heavy atom. The maximum Gasteiger partial charge on any atom is 0.258 e. The molecule has 3 rings (SSSR count). The summed E-state index contributed by atoms with van der Waals surface area (Å²) in [6.07, 6.45) is 1.78. The van der Waals surface area contributed by atoms with Crippen LogP contribution in [0.4, 0.5) is 0 Å². The van der Waals surface area contributed by atoms with Crippen LogP contribution in [0.15, 0.2) is 54.0 Å². The summed E-state index contributed by atoms with van der Waals surface area (Å²) in [7, 11) is 0. The molecular formula is C18H14Cl2N2O2S. The molecule has 1 N–H and O–H groups in total. The van der Waals surface area contributed by atoms with E-state index in [4.69, 9.17) is 27.9 Å². The Balaban J connectivity index is 1.49. The van der Waals surface area contributed by atoms with Gasteiger partial charge in [-0.2, -0.15) is 0 Å². The van der Waals surface area contributed by atoms with Crippen molar-refractivity contribution in [1.82, 2.24) is 10.3 Å². The second-order valence-corrected chi connectivity index (χ2v) is 6.91. The molecule has 0 radical (unpaired) electrons. The van der Waals surface area contributed by atoms with Crippen molar-refractivity contribution in [3.63, 3.8) is 0 Å². The topological polar surface area (TPSA) is 51.2 Å². The summed E-state index contributed by atoms with van der Waals surface area (Å²) in [5, 5.41) is 6.61. The molecule has 1 amide bonds. The van der Waals surface area contributed by atoms with E-state index in [1.807, 2.05) is 29.6 Å². The van der Waals surface area contributed by atoms with Gasteiger partial charge in [-0.3, -0.25) is 4.79 Å². The number of hydrogen-bond acceptors (Lipinski definition) is 4. The number of carbonyl (C=O) groups excluding carboxylic acids is 1. The molecule has 0 spiro atoms. The zero-order valence-electron chi connectivity index (χ0n) is 13.0. The second kappa shape index (κ2) is 8.34. The smallest absolute Gasteiger partial charge is 0.258 e. The highest BCUT2D eigenvalue weighted by Crippen LogP contribution is 2.27. The number of rotatable bonds is 6. The third kappa shape index (κ3) is 4.95. The molecule has 3 aromatic rings. The van der Waals surface area contributed by atoms with Crippen molar-refractivity contribution in [3.05, 3.63) is 69.7 Å². The van der Waals surface area contributed by atoms with E-state index in [2.05, 4.69) is 10.3 Å². The SMILES string of the molecule is O=C(COc1ccc(Cl)cc1Cl)NCc1ccc(-c2nccs2)cc1. The highest BCUT2D eigenvalue weighted by Gasteiger charge is 2.07. The minimum atomic E-state index is -0.227. The fourth-order valence-corrected chi connectivity index (χ4v) is 3.23. The molecule has 0 unspecified atom stereocenters. The number of hydrogen-bond donors (Lipinski definition) is 1. The molecule has 4 nitrogen and oxygen atoms in total. The first-order valence-electron chi connectivity index (χ1n) is 7.45. The minimum Gasteiger partial charge on any atom is -0.482 e. The van der Waals surface area contributed by atoms with Gasteiger partial charge in [0.1, 0.15) is 10.8 Å². The molecule has 0 atom stereocenters. The molecule has 7 heteroatoms. The van der Waals surface area contributed by atoms with Gasteiger partial charge in [0.2, 0.25) is 0 Å². The van der Waals surface area contributed by atoms with Gasteiger partial charge in [-0.05, 0) is 23.8 Å². The van der Waals surface area contributed by atoms with E-state index < -0.39 is 0 Å². The van der Waals surface area contributed by atoms with Crippen LogP contribution in [0.3, 0.4) is 0 Å². The van der Waals surface area contributed by atoms with Gasteiger partial charge in [0.25, 0.3) is 5.91 Å². The average Bonchev–Trinajstić information content (AvgIpc) is 3.14. The Hall–Kier alpha value is -2.08. The second-order valence-electron chi connectivity index (χ2n) is 5.17. The normalized spacial score (nSPS) is 10.5. The Morgan fingerprint density at radius 1 is 1.16 bits per heavy atom. The van der Waals surface area contributed by atoms with Crippen LogP contribution in [0.2, 0.25) is 10.0 Å². The highest BCUT2D eigenvalue weighted by atomic mass is 35.5. The van der Waals surface area contributed by atoms with Crippen molar-refractivity contribution in [1.29, 1.82) is 0 Å². The molecule has 25 heavy (non-hydrogen) atoms. The molecule has 0 bridgehead atoms. The van der Waals surface area contributed by atoms with Crippen LogP contribution in [-0.4, -0.2) is 17.5 Å². The van der Waals surface area contributed by atoms with Crippen molar-refractivity contribution < 1.29 is 9.53 Å². The molecule has 0 aliphatic rings. The average molecular weight is 393 g/mol. The number of amides is 1. The lowest BCUT2D eigenvalue weighted by Crippen LogP contribution is -2.28. The van der Waals surface area contributed by atoms with E-state index in [0.717, 1.165) is 16.1 Å². The third-order valence-electron chi connectivity index (χ3n) is 3.38. The van der Waals surface area contributed by atoms with Crippen molar-refractivity contribution in [2.45, 2.75) is 6.54 Å². The maximum absolute atomic E-state index is 11.9. The quantitative estimate of drug-likeness (QED) is 0.654. The number of halogens is 2. The lowest BCUT2D eigenvalue weighted by Gasteiger charge is -2.09. The highest BCUT2D eigenvalue weighted by molar-refractivity contribution is 7.13. The molecule has 1 heterocycles. The number of ether oxygens (including phenoxy) is 1. The van der Waals surface area contributed by atoms with Crippen molar-refractivity contribution in [2.75, 3.05) is 6.61 Å². The largest absolute Gasteiger partial charge is 0.482 e. The van der Waals surface area contributed by atoms with Crippen LogP contribution in [-0.2, 0) is 11.3 Å². The molecule has 0 aliphatic carbocycles. The van der Waals surface area contributed by atoms with Crippen LogP contribution in [0.25, 0.3) is 10.6 Å². The minimum absolute atomic E-state index is 0.113. The summed E-state index contributed by atoms with van der Waals surface area (Å²) >= 11 is 13.4. The summed E-state index contributed by atoms with van der Waals surface area (Å²) in [4.78, 5) is 16.2. The van der Waals surface area contributed by atoms with E-state index >= 15 is 0 Å². The Kier molecular flexibility index (Phi) is 5.91. The van der Waals surface area contributed by atoms with Gasteiger partial charge >= 0.3 is 0 Å². The fraction of sp³-hybridized carbons (Fsp3) is 0.111. The first-order valence-corrected chi connectivity index (χ1v) is 9.09. The van der Waals surface area contributed by atoms with Crippen molar-refractivity contribution >= 4 is 40.4 Å². The predicted molar refractivity (Wildman–Crippen MR) is 101 cm³/mol. The van der Waals surface area contributed by atoms with Gasteiger partial charge in [0.15, 0.2) is 6.61 Å². The zero-order valence-corrected chi connectivity index (χ0v) is 15.4. The molecule has 2 aromatic carbocycles. The predicted octanol–water partition coefficient (Wildman–Crippen LogP) is 4.81. The summed E-state index contributed by atoms with van der Waals surface area (Å²) in [5.74, 6) is 0.198. The molecular weight excluding hydrogens is 379 g/mol. The van der Waals surface area contributed by atoms with Crippen LogP contribution < -0.4 is 10.1 Å². The van der Waals surface area contributed by atoms with Gasteiger partial charge in [0, 0.05) is 28.7 Å². The monoisotopic (exact) mass is 392 g/mol. The Labute approximate surface area is 159 Å².